The summed E-state index contributed by atoms with van der Waals surface area (Å²) in [7, 11) is 1.57. The zero-order valence-corrected chi connectivity index (χ0v) is 24.2. The maximum atomic E-state index is 13.6. The summed E-state index contributed by atoms with van der Waals surface area (Å²) in [6, 6.07) is 17.4. The zero-order chi connectivity index (χ0) is 29.8. The summed E-state index contributed by atoms with van der Waals surface area (Å²) in [5.74, 6) is 1.12. The number of hydrogen-bond donors (Lipinski definition) is 0. The van der Waals surface area contributed by atoms with Crippen LogP contribution in [-0.2, 0) is 9.53 Å². The van der Waals surface area contributed by atoms with E-state index in [2.05, 4.69) is 5.10 Å². The molecular weight excluding hydrogens is 562 g/mol. The van der Waals surface area contributed by atoms with E-state index in [1.54, 1.807) is 69.5 Å². The van der Waals surface area contributed by atoms with Crippen LogP contribution in [0.4, 0.5) is 0 Å². The fraction of sp³-hybridized carbons (Fsp3) is 0.226. The lowest BCUT2D eigenvalue weighted by atomic mass is 10.2. The van der Waals surface area contributed by atoms with E-state index < -0.39 is 17.6 Å². The standard InChI is InChI=1S/C31H28ClN3O7/c1-5-39-26-15-19(14-22(32)28(26)41-18(3)31(37)40-6-2)17-33-35-29(34-23-11-8-7-10-20(23)30(35)36)27-16-21-24(38-4)12-9-13-25(21)42-27/h7-18H,5-6H2,1-4H3/t18-/m1/s1. The number of fused-ring (bicyclic) bond motifs is 2. The monoisotopic (exact) mass is 589 g/mol. The van der Waals surface area contributed by atoms with Crippen molar-refractivity contribution in [3.63, 3.8) is 0 Å². The first-order valence-corrected chi connectivity index (χ1v) is 13.6. The van der Waals surface area contributed by atoms with Gasteiger partial charge in [0, 0.05) is 0 Å². The van der Waals surface area contributed by atoms with E-state index in [1.165, 1.54) is 10.9 Å². The molecule has 11 heteroatoms. The van der Waals surface area contributed by atoms with Crippen molar-refractivity contribution in [1.82, 2.24) is 9.66 Å². The van der Waals surface area contributed by atoms with Crippen LogP contribution in [0.1, 0.15) is 26.3 Å². The van der Waals surface area contributed by atoms with Gasteiger partial charge >= 0.3 is 5.97 Å². The average Bonchev–Trinajstić information content (AvgIpc) is 3.43. The Morgan fingerprint density at radius 2 is 1.88 bits per heavy atom. The molecule has 0 unspecified atom stereocenters. The van der Waals surface area contributed by atoms with Crippen molar-refractivity contribution >= 4 is 45.7 Å². The number of nitrogens with zero attached hydrogens (tertiary/aromatic N) is 3. The van der Waals surface area contributed by atoms with Gasteiger partial charge in [-0.2, -0.15) is 9.78 Å². The van der Waals surface area contributed by atoms with E-state index in [1.807, 2.05) is 19.1 Å². The van der Waals surface area contributed by atoms with Crippen LogP contribution in [0.3, 0.4) is 0 Å². The van der Waals surface area contributed by atoms with Gasteiger partial charge in [0.15, 0.2) is 23.4 Å². The Bertz CT molecular complexity index is 1860. The summed E-state index contributed by atoms with van der Waals surface area (Å²) in [6.07, 6.45) is 0.547. The second kappa shape index (κ2) is 12.4. The Balaban J connectivity index is 1.60. The van der Waals surface area contributed by atoms with Gasteiger partial charge in [0.05, 0.1) is 47.8 Å². The molecule has 216 valence electrons. The molecule has 1 atom stereocenters. The number of esters is 1. The first kappa shape index (κ1) is 28.7. The molecule has 5 aromatic rings. The van der Waals surface area contributed by atoms with Crippen LogP contribution in [0.15, 0.2) is 75.0 Å². The molecule has 2 heterocycles. The number of furan rings is 1. The van der Waals surface area contributed by atoms with E-state index >= 15 is 0 Å². The fourth-order valence-electron chi connectivity index (χ4n) is 4.36. The number of hydrogen-bond acceptors (Lipinski definition) is 9. The maximum absolute atomic E-state index is 13.6. The number of halogens is 1. The van der Waals surface area contributed by atoms with Crippen molar-refractivity contribution < 1.29 is 28.2 Å². The maximum Gasteiger partial charge on any atom is 0.347 e. The molecule has 0 radical (unpaired) electrons. The number of methoxy groups -OCH3 is 1. The van der Waals surface area contributed by atoms with Gasteiger partial charge in [-0.25, -0.2) is 9.78 Å². The highest BCUT2D eigenvalue weighted by Crippen LogP contribution is 2.37. The molecule has 3 aromatic carbocycles. The molecule has 0 N–H and O–H groups in total. The predicted molar refractivity (Wildman–Crippen MR) is 160 cm³/mol. The third-order valence-electron chi connectivity index (χ3n) is 6.28. The number of rotatable bonds is 10. The van der Waals surface area contributed by atoms with Crippen LogP contribution in [0.5, 0.6) is 17.2 Å². The lowest BCUT2D eigenvalue weighted by Crippen LogP contribution is -2.26. The number of carbonyl (C=O) groups excluding carboxylic acids is 1. The lowest BCUT2D eigenvalue weighted by Gasteiger charge is -2.18. The van der Waals surface area contributed by atoms with Crippen LogP contribution < -0.4 is 19.8 Å². The van der Waals surface area contributed by atoms with Gasteiger partial charge in [-0.1, -0.05) is 29.8 Å². The Morgan fingerprint density at radius 3 is 2.64 bits per heavy atom. The summed E-state index contributed by atoms with van der Waals surface area (Å²) in [4.78, 5) is 30.5. The normalized spacial score (nSPS) is 12.1. The molecule has 0 aliphatic rings. The second-order valence-electron chi connectivity index (χ2n) is 9.07. The molecule has 0 aliphatic carbocycles. The molecular formula is C31H28ClN3O7. The summed E-state index contributed by atoms with van der Waals surface area (Å²) in [5.41, 5.74) is 1.19. The quantitative estimate of drug-likeness (QED) is 0.142. The Hall–Kier alpha value is -4.83. The molecule has 5 rings (SSSR count). The van der Waals surface area contributed by atoms with Gasteiger partial charge in [-0.3, -0.25) is 4.79 Å². The van der Waals surface area contributed by atoms with Gasteiger partial charge in [0.1, 0.15) is 11.3 Å². The summed E-state index contributed by atoms with van der Waals surface area (Å²) in [5, 5.41) is 5.80. The van der Waals surface area contributed by atoms with Gasteiger partial charge < -0.3 is 23.4 Å². The Labute approximate surface area is 246 Å². The fourth-order valence-corrected chi connectivity index (χ4v) is 4.63. The second-order valence-corrected chi connectivity index (χ2v) is 9.48. The van der Waals surface area contributed by atoms with Crippen molar-refractivity contribution in [3.8, 4) is 28.8 Å². The van der Waals surface area contributed by atoms with E-state index in [0.29, 0.717) is 45.9 Å². The number of aromatic nitrogens is 2. The first-order chi connectivity index (χ1) is 20.3. The minimum Gasteiger partial charge on any atom is -0.496 e. The van der Waals surface area contributed by atoms with Gasteiger partial charge in [0.2, 0.25) is 5.82 Å². The van der Waals surface area contributed by atoms with Crippen LogP contribution >= 0.6 is 11.6 Å². The number of para-hydroxylation sites is 1. The van der Waals surface area contributed by atoms with Crippen LogP contribution in [0.25, 0.3) is 33.5 Å². The van der Waals surface area contributed by atoms with Gasteiger partial charge in [0.25, 0.3) is 5.56 Å². The molecule has 0 amide bonds. The van der Waals surface area contributed by atoms with E-state index in [9.17, 15) is 9.59 Å². The third-order valence-corrected chi connectivity index (χ3v) is 6.56. The molecule has 2 aromatic heterocycles. The highest BCUT2D eigenvalue weighted by Gasteiger charge is 2.22. The number of ether oxygens (including phenoxy) is 4. The van der Waals surface area contributed by atoms with Crippen molar-refractivity contribution in [1.29, 1.82) is 0 Å². The predicted octanol–water partition coefficient (Wildman–Crippen LogP) is 6.08. The number of carbonyl (C=O) groups is 1. The Morgan fingerprint density at radius 1 is 1.07 bits per heavy atom. The molecule has 42 heavy (non-hydrogen) atoms. The number of benzene rings is 3. The van der Waals surface area contributed by atoms with Gasteiger partial charge in [-0.15, -0.1) is 0 Å². The Kier molecular flexibility index (Phi) is 8.44. The van der Waals surface area contributed by atoms with E-state index in [0.717, 1.165) is 5.39 Å². The molecule has 0 fully saturated rings. The van der Waals surface area contributed by atoms with Crippen molar-refractivity contribution in [2.75, 3.05) is 20.3 Å². The summed E-state index contributed by atoms with van der Waals surface area (Å²) in [6.45, 7) is 5.62. The highest BCUT2D eigenvalue weighted by molar-refractivity contribution is 6.32. The molecule has 0 aliphatic heterocycles. The average molecular weight is 590 g/mol. The van der Waals surface area contributed by atoms with Crippen molar-refractivity contribution in [2.45, 2.75) is 26.9 Å². The minimum absolute atomic E-state index is 0.187. The first-order valence-electron chi connectivity index (χ1n) is 13.3. The topological polar surface area (TPSA) is 114 Å². The molecule has 0 saturated carbocycles. The van der Waals surface area contributed by atoms with Crippen LogP contribution in [-0.4, -0.2) is 48.3 Å². The van der Waals surface area contributed by atoms with Crippen molar-refractivity contribution in [3.05, 3.63) is 81.6 Å². The van der Waals surface area contributed by atoms with E-state index in [-0.39, 0.29) is 23.2 Å². The van der Waals surface area contributed by atoms with Gasteiger partial charge in [-0.05, 0) is 68.8 Å². The summed E-state index contributed by atoms with van der Waals surface area (Å²) < 4.78 is 29.3. The molecule has 0 saturated heterocycles. The SMILES string of the molecule is CCOC(=O)[C@@H](C)Oc1c(Cl)cc(C=Nn2c(-c3cc4c(OC)cccc4o3)nc3ccccc3c2=O)cc1OCC. The lowest BCUT2D eigenvalue weighted by molar-refractivity contribution is -0.150. The third kappa shape index (κ3) is 5.66. The minimum atomic E-state index is -0.909. The molecule has 10 nitrogen and oxygen atoms in total. The molecule has 0 bridgehead atoms. The summed E-state index contributed by atoms with van der Waals surface area (Å²) >= 11 is 6.56. The largest absolute Gasteiger partial charge is 0.496 e. The highest BCUT2D eigenvalue weighted by atomic mass is 35.5. The van der Waals surface area contributed by atoms with E-state index in [4.69, 9.17) is 39.9 Å². The zero-order valence-electron chi connectivity index (χ0n) is 23.4. The van der Waals surface area contributed by atoms with Crippen molar-refractivity contribution in [2.24, 2.45) is 5.10 Å². The smallest absolute Gasteiger partial charge is 0.347 e. The van der Waals surface area contributed by atoms with Crippen LogP contribution in [0, 0.1) is 0 Å². The molecule has 0 spiro atoms. The van der Waals surface area contributed by atoms with Crippen LogP contribution in [0.2, 0.25) is 5.02 Å².